The molecule has 0 amide bonds. The maximum Gasteiger partial charge on any atom is 0.307 e. The van der Waals surface area contributed by atoms with Gasteiger partial charge in [0.15, 0.2) is 5.12 Å². The third-order valence-electron chi connectivity index (χ3n) is 4.08. The van der Waals surface area contributed by atoms with Gasteiger partial charge in [-0.05, 0) is 17.9 Å². The van der Waals surface area contributed by atoms with Crippen LogP contribution in [0, 0.1) is 5.92 Å². The van der Waals surface area contributed by atoms with Crippen molar-refractivity contribution in [2.75, 3.05) is 0 Å². The van der Waals surface area contributed by atoms with Gasteiger partial charge in [-0.15, -0.1) is 0 Å². The molecule has 5 nitrogen and oxygen atoms in total. The smallest absolute Gasteiger partial charge is 0.307 e. The van der Waals surface area contributed by atoms with Gasteiger partial charge in [-0.3, -0.25) is 9.59 Å². The summed E-state index contributed by atoms with van der Waals surface area (Å²) >= 11 is 0. The number of carbonyl (C=O) groups is 2. The first-order valence-corrected chi connectivity index (χ1v) is 8.77. The van der Waals surface area contributed by atoms with Crippen molar-refractivity contribution in [3.8, 4) is 0 Å². The number of hydrogen-bond donors (Lipinski definition) is 2. The molecule has 0 aliphatic rings. The molecule has 0 radical (unpaired) electrons. The molecule has 2 unspecified atom stereocenters. The van der Waals surface area contributed by atoms with Gasteiger partial charge in [0.2, 0.25) is 0 Å². The first-order valence-electron chi connectivity index (χ1n) is 7.44. The van der Waals surface area contributed by atoms with E-state index in [1.54, 1.807) is 17.9 Å². The van der Waals surface area contributed by atoms with Gasteiger partial charge >= 0.3 is 11.9 Å². The molecule has 0 aliphatic heterocycles. The summed E-state index contributed by atoms with van der Waals surface area (Å²) in [5.74, 6) is -1.68. The van der Waals surface area contributed by atoms with Crippen LogP contribution in [0.25, 0.3) is 21.3 Å². The van der Waals surface area contributed by atoms with Gasteiger partial charge in [0, 0.05) is 16.3 Å². The van der Waals surface area contributed by atoms with Crippen molar-refractivity contribution in [1.82, 2.24) is 0 Å². The summed E-state index contributed by atoms with van der Waals surface area (Å²) in [5.41, 5.74) is 0.632. The van der Waals surface area contributed by atoms with Crippen molar-refractivity contribution in [2.24, 2.45) is 5.92 Å². The fourth-order valence-corrected chi connectivity index (χ4v) is 4.49. The number of carboxylic acid groups (broad SMARTS) is 2. The zero-order chi connectivity index (χ0) is 17.3. The number of benzene rings is 2. The Morgan fingerprint density at radius 2 is 1.75 bits per heavy atom. The molecule has 1 heterocycles. The Morgan fingerprint density at radius 1 is 1.04 bits per heavy atom. The molecule has 0 saturated carbocycles. The maximum absolute atomic E-state index is 12.7. The minimum Gasteiger partial charge on any atom is -0.626 e. The Labute approximate surface area is 138 Å². The van der Waals surface area contributed by atoms with Gasteiger partial charge in [0.05, 0.1) is 20.1 Å². The zero-order valence-electron chi connectivity index (χ0n) is 12.7. The van der Waals surface area contributed by atoms with E-state index in [1.807, 2.05) is 30.3 Å². The maximum atomic E-state index is 12.7. The standard InChI is InChI=1S/C18H15O5P/c19-16(20)9-13(18(21)22)8-11-5-3-7-15-14-6-2-1-4-12(14)10-24(23)17(11)15/h1-7,10,13H,8-9H2,(H,19,20)(H,21,22). The molecule has 0 fully saturated rings. The van der Waals surface area contributed by atoms with Crippen LogP contribution in [0.4, 0.5) is 0 Å². The lowest BCUT2D eigenvalue weighted by molar-refractivity contribution is -0.149. The molecule has 3 aromatic rings. The topological polar surface area (TPSA) is 97.7 Å². The van der Waals surface area contributed by atoms with Crippen LogP contribution in [0.15, 0.2) is 48.3 Å². The lowest BCUT2D eigenvalue weighted by Crippen LogP contribution is -2.20. The number of rotatable bonds is 5. The number of carboxylic acids is 2. The highest BCUT2D eigenvalue weighted by molar-refractivity contribution is 7.48. The van der Waals surface area contributed by atoms with Gasteiger partial charge in [-0.1, -0.05) is 36.4 Å². The van der Waals surface area contributed by atoms with Gasteiger partial charge in [0.1, 0.15) is 5.80 Å². The molecular weight excluding hydrogens is 327 g/mol. The van der Waals surface area contributed by atoms with E-state index in [4.69, 9.17) is 5.11 Å². The van der Waals surface area contributed by atoms with Crippen LogP contribution < -0.4 is 4.89 Å². The summed E-state index contributed by atoms with van der Waals surface area (Å²) in [4.78, 5) is 34.9. The van der Waals surface area contributed by atoms with Crippen LogP contribution in [0.3, 0.4) is 0 Å². The van der Waals surface area contributed by atoms with E-state index >= 15 is 0 Å². The minimum absolute atomic E-state index is 0.0435. The molecule has 2 atom stereocenters. The summed E-state index contributed by atoms with van der Waals surface area (Å²) in [6.07, 6.45) is -0.419. The largest absolute Gasteiger partial charge is 0.626 e. The molecule has 1 aromatic heterocycles. The Kier molecular flexibility index (Phi) is 4.47. The average molecular weight is 342 g/mol. The molecule has 3 rings (SSSR count). The molecule has 6 heteroatoms. The quantitative estimate of drug-likeness (QED) is 0.694. The fourth-order valence-electron chi connectivity index (χ4n) is 3.00. The van der Waals surface area contributed by atoms with Crippen molar-refractivity contribution in [2.45, 2.75) is 12.8 Å². The third-order valence-corrected chi connectivity index (χ3v) is 5.57. The average Bonchev–Trinajstić information content (AvgIpc) is 2.54. The zero-order valence-corrected chi connectivity index (χ0v) is 13.6. The second-order valence-corrected chi connectivity index (χ2v) is 7.05. The highest BCUT2D eigenvalue weighted by atomic mass is 31.1. The van der Waals surface area contributed by atoms with Gasteiger partial charge in [-0.25, -0.2) is 0 Å². The highest BCUT2D eigenvalue weighted by Gasteiger charge is 2.24. The summed E-state index contributed by atoms with van der Waals surface area (Å²) in [5, 5.41) is 21.5. The van der Waals surface area contributed by atoms with E-state index in [2.05, 4.69) is 0 Å². The normalized spacial score (nSPS) is 13.1. The summed E-state index contributed by atoms with van der Waals surface area (Å²) in [7, 11) is -1.80. The van der Waals surface area contributed by atoms with Crippen LogP contribution in [0.5, 0.6) is 0 Å². The molecule has 0 spiro atoms. The van der Waals surface area contributed by atoms with Crippen molar-refractivity contribution in [1.29, 1.82) is 0 Å². The van der Waals surface area contributed by atoms with Crippen molar-refractivity contribution >= 4 is 41.0 Å². The van der Waals surface area contributed by atoms with Crippen LogP contribution in [0.2, 0.25) is 0 Å². The number of fused-ring (bicyclic) bond motifs is 3. The minimum atomic E-state index is -1.80. The van der Waals surface area contributed by atoms with Crippen LogP contribution in [0.1, 0.15) is 12.0 Å². The molecule has 24 heavy (non-hydrogen) atoms. The molecule has 122 valence electrons. The van der Waals surface area contributed by atoms with E-state index in [1.165, 1.54) is 0 Å². The van der Waals surface area contributed by atoms with Crippen molar-refractivity contribution in [3.05, 3.63) is 53.8 Å². The Balaban J connectivity index is 2.16. The van der Waals surface area contributed by atoms with Gasteiger partial charge in [0.25, 0.3) is 0 Å². The van der Waals surface area contributed by atoms with Gasteiger partial charge in [-0.2, -0.15) is 0 Å². The monoisotopic (exact) mass is 342 g/mol. The number of hydrogen-bond acceptors (Lipinski definition) is 3. The van der Waals surface area contributed by atoms with Crippen LogP contribution in [-0.2, 0) is 16.0 Å². The Bertz CT molecular complexity index is 951. The summed E-state index contributed by atoms with van der Waals surface area (Å²) in [6, 6.07) is 13.0. The van der Waals surface area contributed by atoms with E-state index in [0.717, 1.165) is 16.2 Å². The third kappa shape index (κ3) is 3.09. The van der Waals surface area contributed by atoms with Crippen LogP contribution in [-0.4, -0.2) is 22.2 Å². The first kappa shape index (κ1) is 16.4. The summed E-state index contributed by atoms with van der Waals surface area (Å²) < 4.78 is 0. The van der Waals surface area contributed by atoms with Crippen LogP contribution >= 0.6 is 7.76 Å². The Morgan fingerprint density at radius 3 is 2.46 bits per heavy atom. The molecule has 0 bridgehead atoms. The second kappa shape index (κ2) is 6.56. The lowest BCUT2D eigenvalue weighted by atomic mass is 9.95. The predicted octanol–water partition coefficient (Wildman–Crippen LogP) is 3.10. The lowest BCUT2D eigenvalue weighted by Gasteiger charge is -2.12. The molecule has 0 aliphatic carbocycles. The van der Waals surface area contributed by atoms with E-state index in [-0.39, 0.29) is 6.42 Å². The van der Waals surface area contributed by atoms with Crippen molar-refractivity contribution in [3.63, 3.8) is 0 Å². The fraction of sp³-hybridized carbons (Fsp3) is 0.167. The summed E-state index contributed by atoms with van der Waals surface area (Å²) in [6.45, 7) is 0. The van der Waals surface area contributed by atoms with E-state index < -0.39 is 32.0 Å². The SMILES string of the molecule is O=C(O)CC(Cc1cccc2c3ccccc3c[p+]([O-])c12)C(=O)O. The van der Waals surface area contributed by atoms with Gasteiger partial charge < -0.3 is 15.1 Å². The first-order chi connectivity index (χ1) is 11.5. The molecular formula is C18H15O5P. The molecule has 2 N–H and O–H groups in total. The van der Waals surface area contributed by atoms with E-state index in [9.17, 15) is 19.6 Å². The molecule has 0 saturated heterocycles. The second-order valence-electron chi connectivity index (χ2n) is 5.69. The molecule has 2 aromatic carbocycles. The Hall–Kier alpha value is -2.49. The predicted molar refractivity (Wildman–Crippen MR) is 91.0 cm³/mol. The number of aliphatic carboxylic acids is 2. The van der Waals surface area contributed by atoms with Crippen molar-refractivity contribution < 1.29 is 24.7 Å². The highest BCUT2D eigenvalue weighted by Crippen LogP contribution is 2.39. The van der Waals surface area contributed by atoms with E-state index in [0.29, 0.717) is 10.7 Å².